The van der Waals surface area contributed by atoms with Crippen molar-refractivity contribution in [2.75, 3.05) is 13.2 Å². The number of alkyl carbamates (subject to hydrolysis) is 1. The average Bonchev–Trinajstić information content (AvgIpc) is 3.03. The van der Waals surface area contributed by atoms with Crippen molar-refractivity contribution in [3.63, 3.8) is 0 Å². The molecule has 0 unspecified atom stereocenters. The van der Waals surface area contributed by atoms with Crippen molar-refractivity contribution in [1.29, 1.82) is 0 Å². The van der Waals surface area contributed by atoms with Crippen molar-refractivity contribution in [2.45, 2.75) is 5.92 Å². The van der Waals surface area contributed by atoms with Crippen LogP contribution < -0.4 is 5.32 Å². The Morgan fingerprint density at radius 3 is 2.34 bits per heavy atom. The molecule has 0 atom stereocenters. The van der Waals surface area contributed by atoms with Crippen LogP contribution in [0.15, 0.2) is 66.7 Å². The van der Waals surface area contributed by atoms with Gasteiger partial charge in [-0.05, 0) is 40.5 Å². The number of nitrogens with one attached hydrogen (secondary N) is 1. The second-order valence-electron chi connectivity index (χ2n) is 6.64. The summed E-state index contributed by atoms with van der Waals surface area (Å²) >= 11 is 5.79. The monoisotopic (exact) mass is 405 g/mol. The lowest BCUT2D eigenvalue weighted by Crippen LogP contribution is -2.26. The number of amides is 1. The van der Waals surface area contributed by atoms with Gasteiger partial charge in [0.1, 0.15) is 12.4 Å². The van der Waals surface area contributed by atoms with Crippen molar-refractivity contribution < 1.29 is 13.9 Å². The number of halogens is 2. The maximum Gasteiger partial charge on any atom is 0.407 e. The highest BCUT2D eigenvalue weighted by Gasteiger charge is 2.28. The number of carbonyl (C=O) groups is 1. The minimum absolute atomic E-state index is 0.00803. The summed E-state index contributed by atoms with van der Waals surface area (Å²) in [4.78, 5) is 12.1. The van der Waals surface area contributed by atoms with Crippen molar-refractivity contribution in [3.05, 3.63) is 94.3 Å². The molecule has 5 heteroatoms. The number of benzene rings is 3. The molecule has 1 aliphatic rings. The third kappa shape index (κ3) is 4.26. The molecule has 29 heavy (non-hydrogen) atoms. The van der Waals surface area contributed by atoms with Gasteiger partial charge in [0, 0.05) is 16.5 Å². The van der Waals surface area contributed by atoms with E-state index < -0.39 is 11.9 Å². The van der Waals surface area contributed by atoms with Crippen LogP contribution in [0.3, 0.4) is 0 Å². The average molecular weight is 406 g/mol. The fourth-order valence-corrected chi connectivity index (χ4v) is 3.76. The van der Waals surface area contributed by atoms with Crippen molar-refractivity contribution in [2.24, 2.45) is 0 Å². The number of carbonyl (C=O) groups excluding carboxylic acids is 1. The molecule has 1 N–H and O–H groups in total. The summed E-state index contributed by atoms with van der Waals surface area (Å²) < 4.78 is 18.7. The van der Waals surface area contributed by atoms with Crippen LogP contribution in [0.1, 0.15) is 22.6 Å². The Morgan fingerprint density at radius 1 is 1.03 bits per heavy atom. The van der Waals surface area contributed by atoms with E-state index in [-0.39, 0.29) is 24.1 Å². The number of hydrogen-bond donors (Lipinski definition) is 1. The molecule has 0 fully saturated rings. The van der Waals surface area contributed by atoms with Crippen LogP contribution in [0.4, 0.5) is 9.18 Å². The van der Waals surface area contributed by atoms with E-state index in [2.05, 4.69) is 41.4 Å². The lowest BCUT2D eigenvalue weighted by molar-refractivity contribution is 0.144. The summed E-state index contributed by atoms with van der Waals surface area (Å²) in [5.74, 6) is 5.07. The van der Waals surface area contributed by atoms with E-state index in [0.717, 1.165) is 11.1 Å². The Hall–Kier alpha value is -3.29. The largest absolute Gasteiger partial charge is 0.449 e. The van der Waals surface area contributed by atoms with Crippen molar-refractivity contribution in [3.8, 4) is 23.0 Å². The van der Waals surface area contributed by atoms with Crippen molar-refractivity contribution in [1.82, 2.24) is 5.32 Å². The number of fused-ring (bicyclic) bond motifs is 3. The zero-order chi connectivity index (χ0) is 20.2. The molecule has 144 valence electrons. The van der Waals surface area contributed by atoms with Crippen molar-refractivity contribution >= 4 is 17.7 Å². The van der Waals surface area contributed by atoms with Gasteiger partial charge in [-0.15, -0.1) is 0 Å². The lowest BCUT2D eigenvalue weighted by Gasteiger charge is -2.14. The third-order valence-electron chi connectivity index (χ3n) is 4.76. The second-order valence-corrected chi connectivity index (χ2v) is 7.08. The minimum atomic E-state index is -0.543. The highest BCUT2D eigenvalue weighted by molar-refractivity contribution is 6.30. The van der Waals surface area contributed by atoms with Crippen LogP contribution in [-0.4, -0.2) is 19.2 Å². The Labute approximate surface area is 173 Å². The molecule has 3 aromatic carbocycles. The van der Waals surface area contributed by atoms with E-state index in [4.69, 9.17) is 16.3 Å². The number of ether oxygens (including phenoxy) is 1. The van der Waals surface area contributed by atoms with Gasteiger partial charge in [-0.25, -0.2) is 9.18 Å². The molecule has 0 saturated carbocycles. The van der Waals surface area contributed by atoms with E-state index in [1.165, 1.54) is 23.3 Å². The summed E-state index contributed by atoms with van der Waals surface area (Å²) in [7, 11) is 0. The van der Waals surface area contributed by atoms with Gasteiger partial charge in [0.15, 0.2) is 0 Å². The van der Waals surface area contributed by atoms with Gasteiger partial charge in [0.05, 0.1) is 6.54 Å². The number of hydrogen-bond acceptors (Lipinski definition) is 2. The van der Waals surface area contributed by atoms with Gasteiger partial charge in [-0.3, -0.25) is 0 Å². The molecule has 0 saturated heterocycles. The van der Waals surface area contributed by atoms with Crippen LogP contribution >= 0.6 is 11.6 Å². The summed E-state index contributed by atoms with van der Waals surface area (Å²) in [6.07, 6.45) is -0.543. The maximum atomic E-state index is 13.3. The predicted octanol–water partition coefficient (Wildman–Crippen LogP) is 5.37. The molecular formula is C24H17ClFNO2. The van der Waals surface area contributed by atoms with E-state index in [0.29, 0.717) is 5.56 Å². The first-order chi connectivity index (χ1) is 14.1. The van der Waals surface area contributed by atoms with Crippen LogP contribution in [0.2, 0.25) is 5.02 Å². The Kier molecular flexibility index (Phi) is 5.50. The van der Waals surface area contributed by atoms with E-state index in [1.54, 1.807) is 6.07 Å². The summed E-state index contributed by atoms with van der Waals surface area (Å²) in [6, 6.07) is 20.4. The molecule has 1 amide bonds. The Bertz CT molecular complexity index is 1070. The summed E-state index contributed by atoms with van der Waals surface area (Å²) in [5, 5.41) is 2.87. The van der Waals surface area contributed by atoms with Gasteiger partial charge in [-0.2, -0.15) is 0 Å². The highest BCUT2D eigenvalue weighted by Crippen LogP contribution is 2.44. The van der Waals surface area contributed by atoms with E-state index >= 15 is 0 Å². The third-order valence-corrected chi connectivity index (χ3v) is 4.98. The molecule has 0 aromatic heterocycles. The smallest absolute Gasteiger partial charge is 0.407 e. The van der Waals surface area contributed by atoms with E-state index in [1.807, 2.05) is 24.3 Å². The van der Waals surface area contributed by atoms with Gasteiger partial charge in [0.25, 0.3) is 0 Å². The topological polar surface area (TPSA) is 38.3 Å². The molecule has 3 aromatic rings. The van der Waals surface area contributed by atoms with Gasteiger partial charge in [-0.1, -0.05) is 72.0 Å². The molecule has 3 nitrogen and oxygen atoms in total. The molecule has 0 spiro atoms. The van der Waals surface area contributed by atoms with Crippen LogP contribution in [-0.2, 0) is 4.74 Å². The second kappa shape index (κ2) is 8.38. The zero-order valence-corrected chi connectivity index (χ0v) is 16.2. The molecule has 0 bridgehead atoms. The van der Waals surface area contributed by atoms with Crippen LogP contribution in [0.25, 0.3) is 11.1 Å². The molecular weight excluding hydrogens is 389 g/mol. The fourth-order valence-electron chi connectivity index (χ4n) is 3.54. The first-order valence-corrected chi connectivity index (χ1v) is 9.53. The highest BCUT2D eigenvalue weighted by atomic mass is 35.5. The Morgan fingerprint density at radius 2 is 1.69 bits per heavy atom. The number of rotatable bonds is 3. The predicted molar refractivity (Wildman–Crippen MR) is 111 cm³/mol. The van der Waals surface area contributed by atoms with Gasteiger partial charge < -0.3 is 10.1 Å². The quantitative estimate of drug-likeness (QED) is 0.595. The van der Waals surface area contributed by atoms with E-state index in [9.17, 15) is 9.18 Å². The zero-order valence-electron chi connectivity index (χ0n) is 15.4. The molecule has 0 aliphatic heterocycles. The summed E-state index contributed by atoms with van der Waals surface area (Å²) in [5.41, 5.74) is 5.12. The maximum absolute atomic E-state index is 13.3. The summed E-state index contributed by atoms with van der Waals surface area (Å²) in [6.45, 7) is 0.331. The van der Waals surface area contributed by atoms with Crippen LogP contribution in [0.5, 0.6) is 0 Å². The first-order valence-electron chi connectivity index (χ1n) is 9.15. The normalized spacial score (nSPS) is 11.8. The SMILES string of the molecule is O=C(NCC#Cc1cc(F)cc(Cl)c1)OCC1c2ccccc2-c2ccccc21. The Balaban J connectivity index is 1.35. The molecule has 4 rings (SSSR count). The minimum Gasteiger partial charge on any atom is -0.449 e. The molecule has 1 aliphatic carbocycles. The lowest BCUT2D eigenvalue weighted by atomic mass is 9.98. The van der Waals surface area contributed by atoms with Gasteiger partial charge >= 0.3 is 6.09 Å². The molecule has 0 heterocycles. The van der Waals surface area contributed by atoms with Gasteiger partial charge in [0.2, 0.25) is 0 Å². The molecule has 0 radical (unpaired) electrons. The van der Waals surface area contributed by atoms with Crippen LogP contribution in [0, 0.1) is 17.7 Å². The fraction of sp³-hybridized carbons (Fsp3) is 0.125. The standard InChI is InChI=1S/C24H17ClFNO2/c25-17-12-16(13-18(26)14-17)6-5-11-27-24(28)29-15-23-21-9-3-1-7-19(21)20-8-2-4-10-22(20)23/h1-4,7-10,12-14,23H,11,15H2,(H,27,28). The first kappa shape index (κ1) is 19.0.